The van der Waals surface area contributed by atoms with Crippen LogP contribution >= 0.6 is 0 Å². The summed E-state index contributed by atoms with van der Waals surface area (Å²) in [5, 5.41) is 21.0. The van der Waals surface area contributed by atoms with Crippen LogP contribution < -0.4 is 0 Å². The summed E-state index contributed by atoms with van der Waals surface area (Å²) in [5.74, 6) is -1.80. The van der Waals surface area contributed by atoms with Gasteiger partial charge in [-0.3, -0.25) is 9.59 Å². The number of ketones is 1. The summed E-state index contributed by atoms with van der Waals surface area (Å²) < 4.78 is 10.7. The van der Waals surface area contributed by atoms with Gasteiger partial charge in [-0.2, -0.15) is 0 Å². The number of hydrogen-bond donors (Lipinski definition) is 2. The topological polar surface area (TPSA) is 96.3 Å². The number of aliphatic hydroxyl groups excluding tert-OH is 1. The standard InChI is InChI=1S/C19H35NO6/c1-13-15(21)8-10-18(3,25-6)9-7-11-20(5)14(2)16(22)19(4,24)12-26-17(13)23/h13-14,16,22,24H,7-12H2,1-6H3/t13?,14?,16?,18-,19-/m1/s1. The lowest BCUT2D eigenvalue weighted by Gasteiger charge is -2.37. The summed E-state index contributed by atoms with van der Waals surface area (Å²) in [6.45, 7) is 7.07. The summed E-state index contributed by atoms with van der Waals surface area (Å²) in [5.41, 5.74) is -2.05. The van der Waals surface area contributed by atoms with Crippen LogP contribution in [0.1, 0.15) is 53.4 Å². The molecular formula is C19H35NO6. The van der Waals surface area contributed by atoms with Crippen molar-refractivity contribution < 1.29 is 29.3 Å². The molecule has 5 atom stereocenters. The van der Waals surface area contributed by atoms with Crippen molar-refractivity contribution in [3.63, 3.8) is 0 Å². The third-order valence-corrected chi connectivity index (χ3v) is 5.74. The number of hydrogen-bond acceptors (Lipinski definition) is 7. The minimum absolute atomic E-state index is 0.209. The van der Waals surface area contributed by atoms with Crippen LogP contribution in [0.3, 0.4) is 0 Å². The predicted octanol–water partition coefficient (Wildman–Crippen LogP) is 1.15. The van der Waals surface area contributed by atoms with Crippen molar-refractivity contribution in [2.24, 2.45) is 5.92 Å². The zero-order chi connectivity index (χ0) is 20.1. The Morgan fingerprint density at radius 2 is 1.85 bits per heavy atom. The van der Waals surface area contributed by atoms with Gasteiger partial charge in [-0.15, -0.1) is 0 Å². The van der Waals surface area contributed by atoms with E-state index in [2.05, 4.69) is 0 Å². The smallest absolute Gasteiger partial charge is 0.316 e. The normalized spacial score (nSPS) is 39.8. The van der Waals surface area contributed by atoms with Gasteiger partial charge in [0.05, 0.1) is 5.60 Å². The Labute approximate surface area is 156 Å². The molecule has 1 saturated heterocycles. The van der Waals surface area contributed by atoms with Gasteiger partial charge in [0.15, 0.2) is 0 Å². The van der Waals surface area contributed by atoms with Crippen molar-refractivity contribution in [3.8, 4) is 0 Å². The molecule has 0 radical (unpaired) electrons. The highest BCUT2D eigenvalue weighted by atomic mass is 16.5. The van der Waals surface area contributed by atoms with Gasteiger partial charge in [0.25, 0.3) is 0 Å². The molecule has 7 nitrogen and oxygen atoms in total. The van der Waals surface area contributed by atoms with E-state index in [0.717, 1.165) is 12.8 Å². The Kier molecular flexibility index (Phi) is 8.20. The number of esters is 1. The minimum Gasteiger partial charge on any atom is -0.462 e. The fourth-order valence-electron chi connectivity index (χ4n) is 3.16. The van der Waals surface area contributed by atoms with E-state index < -0.39 is 29.2 Å². The van der Waals surface area contributed by atoms with Gasteiger partial charge < -0.3 is 24.6 Å². The number of carbonyl (C=O) groups is 2. The monoisotopic (exact) mass is 373 g/mol. The average molecular weight is 373 g/mol. The minimum atomic E-state index is -1.60. The van der Waals surface area contributed by atoms with E-state index in [1.54, 1.807) is 7.11 Å². The first-order chi connectivity index (χ1) is 11.9. The van der Waals surface area contributed by atoms with Crippen LogP contribution in [0.15, 0.2) is 0 Å². The molecule has 1 heterocycles. The largest absolute Gasteiger partial charge is 0.462 e. The number of likely N-dealkylation sites (N-methyl/N-ethyl adjacent to an activating group) is 1. The number of aliphatic hydroxyl groups is 2. The van der Waals surface area contributed by atoms with Crippen molar-refractivity contribution >= 4 is 11.8 Å². The third-order valence-electron chi connectivity index (χ3n) is 5.74. The van der Waals surface area contributed by atoms with Crippen molar-refractivity contribution in [3.05, 3.63) is 0 Å². The van der Waals surface area contributed by atoms with Gasteiger partial charge in [0.2, 0.25) is 0 Å². The van der Waals surface area contributed by atoms with E-state index in [0.29, 0.717) is 13.0 Å². The van der Waals surface area contributed by atoms with Crippen molar-refractivity contribution in [2.45, 2.75) is 76.7 Å². The molecule has 152 valence electrons. The highest BCUT2D eigenvalue weighted by Gasteiger charge is 2.38. The molecule has 26 heavy (non-hydrogen) atoms. The second-order valence-electron chi connectivity index (χ2n) is 8.08. The lowest BCUT2D eigenvalue weighted by Crippen LogP contribution is -2.54. The summed E-state index contributed by atoms with van der Waals surface area (Å²) in [7, 11) is 3.51. The first-order valence-corrected chi connectivity index (χ1v) is 9.29. The molecular weight excluding hydrogens is 338 g/mol. The molecule has 3 unspecified atom stereocenters. The molecule has 0 aromatic heterocycles. The van der Waals surface area contributed by atoms with Crippen LogP contribution in [0.25, 0.3) is 0 Å². The Bertz CT molecular complexity index is 494. The molecule has 0 amide bonds. The molecule has 1 aliphatic rings. The number of nitrogens with zero attached hydrogens (tertiary/aromatic N) is 1. The van der Waals surface area contributed by atoms with Crippen LogP contribution in [0.4, 0.5) is 0 Å². The number of methoxy groups -OCH3 is 1. The molecule has 0 saturated carbocycles. The van der Waals surface area contributed by atoms with Gasteiger partial charge in [0, 0.05) is 19.6 Å². The Hall–Kier alpha value is -1.02. The Balaban J connectivity index is 3.01. The number of ether oxygens (including phenoxy) is 2. The van der Waals surface area contributed by atoms with Gasteiger partial charge in [0.1, 0.15) is 30.0 Å². The van der Waals surface area contributed by atoms with E-state index in [-0.39, 0.29) is 24.9 Å². The van der Waals surface area contributed by atoms with Crippen LogP contribution in [-0.4, -0.2) is 77.5 Å². The van der Waals surface area contributed by atoms with E-state index in [1.807, 2.05) is 25.8 Å². The van der Waals surface area contributed by atoms with E-state index >= 15 is 0 Å². The second kappa shape index (κ2) is 9.26. The number of carbonyl (C=O) groups excluding carboxylic acids is 2. The third kappa shape index (κ3) is 6.01. The molecule has 1 fully saturated rings. The van der Waals surface area contributed by atoms with Crippen LogP contribution in [0, 0.1) is 5.92 Å². The zero-order valence-electron chi connectivity index (χ0n) is 16.9. The Morgan fingerprint density at radius 1 is 1.23 bits per heavy atom. The highest BCUT2D eigenvalue weighted by Crippen LogP contribution is 2.26. The van der Waals surface area contributed by atoms with Gasteiger partial charge >= 0.3 is 5.97 Å². The maximum absolute atomic E-state index is 12.3. The van der Waals surface area contributed by atoms with Crippen LogP contribution in [0.5, 0.6) is 0 Å². The molecule has 0 aromatic carbocycles. The van der Waals surface area contributed by atoms with E-state index in [4.69, 9.17) is 9.47 Å². The number of Topliss-reactive ketones (excluding diaryl/α,β-unsaturated/α-hetero) is 1. The lowest BCUT2D eigenvalue weighted by molar-refractivity contribution is -0.167. The first kappa shape index (κ1) is 23.0. The fourth-order valence-corrected chi connectivity index (χ4v) is 3.16. The zero-order valence-corrected chi connectivity index (χ0v) is 16.9. The molecule has 7 heteroatoms. The maximum atomic E-state index is 12.3. The molecule has 0 aromatic rings. The lowest BCUT2D eigenvalue weighted by atomic mass is 9.90. The maximum Gasteiger partial charge on any atom is 0.316 e. The molecule has 0 spiro atoms. The van der Waals surface area contributed by atoms with Crippen LogP contribution in [0.2, 0.25) is 0 Å². The van der Waals surface area contributed by atoms with Crippen LogP contribution in [-0.2, 0) is 19.1 Å². The summed E-state index contributed by atoms with van der Waals surface area (Å²) in [6, 6.07) is -0.332. The number of rotatable bonds is 1. The second-order valence-corrected chi connectivity index (χ2v) is 8.08. The first-order valence-electron chi connectivity index (χ1n) is 9.29. The van der Waals surface area contributed by atoms with Gasteiger partial charge in [-0.05, 0) is 60.5 Å². The molecule has 1 rings (SSSR count). The van der Waals surface area contributed by atoms with Crippen molar-refractivity contribution in [2.75, 3.05) is 27.3 Å². The quantitative estimate of drug-likeness (QED) is 0.526. The molecule has 2 N–H and O–H groups in total. The summed E-state index contributed by atoms with van der Waals surface area (Å²) in [6.07, 6.45) is 1.22. The SMILES string of the molecule is CO[C@]1(C)CCCN(C)C(C)C(O)[C@](C)(O)COC(=O)C(C)C(=O)CC1. The predicted molar refractivity (Wildman–Crippen MR) is 97.7 cm³/mol. The molecule has 0 aliphatic carbocycles. The van der Waals surface area contributed by atoms with E-state index in [9.17, 15) is 19.8 Å². The van der Waals surface area contributed by atoms with Crippen molar-refractivity contribution in [1.82, 2.24) is 4.90 Å². The van der Waals surface area contributed by atoms with Gasteiger partial charge in [-0.25, -0.2) is 0 Å². The van der Waals surface area contributed by atoms with Crippen molar-refractivity contribution in [1.29, 1.82) is 0 Å². The average Bonchev–Trinajstić information content (AvgIpc) is 2.61. The molecule has 1 aliphatic heterocycles. The number of cyclic esters (lactones) is 1. The highest BCUT2D eigenvalue weighted by molar-refractivity contribution is 5.98. The Morgan fingerprint density at radius 3 is 2.42 bits per heavy atom. The van der Waals surface area contributed by atoms with E-state index in [1.165, 1.54) is 13.8 Å². The van der Waals surface area contributed by atoms with Gasteiger partial charge in [-0.1, -0.05) is 0 Å². The molecule has 0 bridgehead atoms. The summed E-state index contributed by atoms with van der Waals surface area (Å²) >= 11 is 0. The fraction of sp³-hybridized carbons (Fsp3) is 0.895. The summed E-state index contributed by atoms with van der Waals surface area (Å²) in [4.78, 5) is 26.4.